The molecule has 2 radical (unpaired) electrons. The first-order valence-corrected chi connectivity index (χ1v) is 18.7. The Morgan fingerprint density at radius 3 is 2.28 bits per heavy atom. The van der Waals surface area contributed by atoms with E-state index in [1.807, 2.05) is 0 Å². The number of nitrogens with one attached hydrogen (secondary N) is 4. The van der Waals surface area contributed by atoms with E-state index in [4.69, 9.17) is 18.3 Å². The van der Waals surface area contributed by atoms with Crippen LogP contribution < -0.4 is 27.0 Å². The van der Waals surface area contributed by atoms with Crippen molar-refractivity contribution in [2.24, 2.45) is 41.2 Å². The van der Waals surface area contributed by atoms with Crippen LogP contribution in [0.3, 0.4) is 0 Å². The van der Waals surface area contributed by atoms with Gasteiger partial charge in [-0.1, -0.05) is 57.9 Å². The van der Waals surface area contributed by atoms with Crippen LogP contribution in [-0.4, -0.2) is 79.4 Å². The van der Waals surface area contributed by atoms with E-state index >= 15 is 0 Å². The van der Waals surface area contributed by atoms with Crippen LogP contribution in [-0.2, 0) is 35.3 Å². The summed E-state index contributed by atoms with van der Waals surface area (Å²) in [6.07, 6.45) is 6.55. The monoisotopic (exact) mass is 732 g/mol. The minimum Gasteiger partial charge on any atom is -0.470 e. The van der Waals surface area contributed by atoms with Gasteiger partial charge >= 0.3 is 6.03 Å². The van der Waals surface area contributed by atoms with Crippen LogP contribution in [0.4, 0.5) is 15.3 Å². The Labute approximate surface area is 312 Å². The second kappa shape index (κ2) is 18.9. The molecule has 14 nitrogen and oxygen atoms in total. The van der Waals surface area contributed by atoms with Crippen molar-refractivity contribution in [3.63, 3.8) is 0 Å². The number of ether oxygens (including phenoxy) is 1. The van der Waals surface area contributed by atoms with Crippen LogP contribution >= 0.6 is 0 Å². The molecular formula is C38H53BN6O8. The summed E-state index contributed by atoms with van der Waals surface area (Å²) in [5, 5.41) is 10.8. The summed E-state index contributed by atoms with van der Waals surface area (Å²) in [5.74, 6) is -2.40. The summed E-state index contributed by atoms with van der Waals surface area (Å²) in [6.45, 7) is 8.40. The summed E-state index contributed by atoms with van der Waals surface area (Å²) < 4.78 is 4.77. The molecule has 1 aliphatic heterocycles. The lowest BCUT2D eigenvalue weighted by Gasteiger charge is -2.25. The van der Waals surface area contributed by atoms with Gasteiger partial charge in [-0.05, 0) is 79.9 Å². The molecular weight excluding hydrogens is 679 g/mol. The van der Waals surface area contributed by atoms with Gasteiger partial charge < -0.3 is 31.7 Å². The van der Waals surface area contributed by atoms with Crippen molar-refractivity contribution in [2.75, 3.05) is 18.4 Å². The van der Waals surface area contributed by atoms with Gasteiger partial charge in [0.1, 0.15) is 18.7 Å². The second-order valence-electron chi connectivity index (χ2n) is 14.7. The van der Waals surface area contributed by atoms with Crippen LogP contribution in [0, 0.1) is 35.5 Å². The summed E-state index contributed by atoms with van der Waals surface area (Å²) in [5.41, 5.74) is 7.58. The molecule has 7 atom stereocenters. The number of urea groups is 1. The summed E-state index contributed by atoms with van der Waals surface area (Å²) in [4.78, 5) is 89.8. The normalized spacial score (nSPS) is 21.8. The van der Waals surface area contributed by atoms with E-state index in [-0.39, 0.29) is 73.3 Å². The molecule has 1 saturated heterocycles. The minimum atomic E-state index is -1.00. The Morgan fingerprint density at radius 2 is 1.64 bits per heavy atom. The van der Waals surface area contributed by atoms with Crippen LogP contribution in [0.2, 0.25) is 0 Å². The number of fused-ring (bicyclic) bond motifs is 5. The lowest BCUT2D eigenvalue weighted by molar-refractivity contribution is -0.141. The van der Waals surface area contributed by atoms with Crippen molar-refractivity contribution in [3.8, 4) is 0 Å². The van der Waals surface area contributed by atoms with E-state index in [1.165, 1.54) is 10.5 Å². The Hall–Kier alpha value is -4.69. The van der Waals surface area contributed by atoms with Gasteiger partial charge in [-0.15, -0.1) is 0 Å². The maximum absolute atomic E-state index is 13.5. The van der Waals surface area contributed by atoms with Gasteiger partial charge in [0.2, 0.25) is 43.3 Å². The van der Waals surface area contributed by atoms with Gasteiger partial charge in [-0.2, -0.15) is 0 Å². The molecule has 2 bridgehead atoms. The third-order valence-corrected chi connectivity index (χ3v) is 10.7. The van der Waals surface area contributed by atoms with E-state index in [2.05, 4.69) is 41.2 Å². The number of benzene rings is 1. The first kappa shape index (κ1) is 41.1. The number of hydrogen-bond donors (Lipinski definition) is 5. The van der Waals surface area contributed by atoms with Crippen molar-refractivity contribution < 1.29 is 38.3 Å². The molecule has 2 fully saturated rings. The van der Waals surface area contributed by atoms with Crippen LogP contribution in [0.1, 0.15) is 84.6 Å². The fourth-order valence-corrected chi connectivity index (χ4v) is 7.73. The smallest absolute Gasteiger partial charge is 0.312 e. The first-order valence-electron chi connectivity index (χ1n) is 18.7. The lowest BCUT2D eigenvalue weighted by atomic mass is 9.77. The SMILES string of the molecule is [B]C(=O)OCc1ccc(NC(=O)[C@H](CCCNC(N)=O)NC(=O)C(NC(=O)CCCCCN2C(=O)C3C4C=C(C(C)CC)C(C4)C3C2=O)C(C)C)cc1. The van der Waals surface area contributed by atoms with Gasteiger partial charge in [0.25, 0.3) is 0 Å². The summed E-state index contributed by atoms with van der Waals surface area (Å²) >= 11 is 0. The van der Waals surface area contributed by atoms with Crippen LogP contribution in [0.5, 0.6) is 0 Å². The van der Waals surface area contributed by atoms with Crippen molar-refractivity contribution in [1.29, 1.82) is 0 Å². The number of amides is 7. The largest absolute Gasteiger partial charge is 0.470 e. The van der Waals surface area contributed by atoms with Crippen molar-refractivity contribution in [1.82, 2.24) is 20.9 Å². The van der Waals surface area contributed by atoms with Gasteiger partial charge in [0.15, 0.2) is 0 Å². The molecule has 1 aromatic carbocycles. The molecule has 1 heterocycles. The minimum absolute atomic E-state index is 0.0308. The number of likely N-dealkylation sites (tertiary alicyclic amines) is 1. The number of nitrogens with zero attached hydrogens (tertiary/aromatic N) is 1. The number of imide groups is 1. The van der Waals surface area contributed by atoms with Crippen molar-refractivity contribution in [3.05, 3.63) is 41.5 Å². The van der Waals surface area contributed by atoms with Crippen LogP contribution in [0.25, 0.3) is 0 Å². The number of primary amides is 1. The van der Waals surface area contributed by atoms with Crippen molar-refractivity contribution in [2.45, 2.75) is 97.8 Å². The third-order valence-electron chi connectivity index (χ3n) is 10.7. The molecule has 53 heavy (non-hydrogen) atoms. The summed E-state index contributed by atoms with van der Waals surface area (Å²) in [6, 6.07) is 3.88. The van der Waals surface area contributed by atoms with E-state index < -0.39 is 35.8 Å². The number of hydrogen-bond acceptors (Lipinski definition) is 8. The maximum atomic E-state index is 13.5. The number of anilines is 1. The van der Waals surface area contributed by atoms with Crippen molar-refractivity contribution >= 4 is 55.0 Å². The molecule has 0 spiro atoms. The van der Waals surface area contributed by atoms with Crippen LogP contribution in [0.15, 0.2) is 35.9 Å². The van der Waals surface area contributed by atoms with E-state index in [0.29, 0.717) is 49.4 Å². The van der Waals surface area contributed by atoms with Gasteiger partial charge in [0.05, 0.1) is 11.8 Å². The first-order chi connectivity index (χ1) is 25.2. The molecule has 286 valence electrons. The second-order valence-corrected chi connectivity index (χ2v) is 14.7. The van der Waals surface area contributed by atoms with E-state index in [0.717, 1.165) is 12.8 Å². The molecule has 15 heteroatoms. The average Bonchev–Trinajstić information content (AvgIpc) is 3.78. The fourth-order valence-electron chi connectivity index (χ4n) is 7.73. The predicted octanol–water partition coefficient (Wildman–Crippen LogP) is 3.29. The Morgan fingerprint density at radius 1 is 0.943 bits per heavy atom. The Kier molecular flexibility index (Phi) is 14.6. The highest BCUT2D eigenvalue weighted by Crippen LogP contribution is 2.57. The number of rotatable bonds is 20. The quantitative estimate of drug-likeness (QED) is 0.0581. The molecule has 6 N–H and O–H groups in total. The van der Waals surface area contributed by atoms with Gasteiger partial charge in [-0.3, -0.25) is 33.7 Å². The highest BCUT2D eigenvalue weighted by atomic mass is 16.5. The van der Waals surface area contributed by atoms with E-state index in [1.54, 1.807) is 38.1 Å². The molecule has 0 aromatic heterocycles. The zero-order valence-electron chi connectivity index (χ0n) is 31.2. The summed E-state index contributed by atoms with van der Waals surface area (Å²) in [7, 11) is 5.01. The Bertz CT molecular complexity index is 1570. The Balaban J connectivity index is 1.25. The average molecular weight is 733 g/mol. The van der Waals surface area contributed by atoms with E-state index in [9.17, 15) is 33.6 Å². The zero-order valence-corrected chi connectivity index (χ0v) is 31.2. The molecule has 2 aliphatic carbocycles. The standard InChI is InChI=1S/C38H53BN6O8/c1-5-22(4)26-18-24-19-27(26)31-30(24)35(49)45(36(31)50)17-8-6-7-11-29(46)44-32(21(2)3)34(48)43-28(10-9-16-41-38(40)52)33(47)42-25-14-12-23(13-15-25)20-53-37(39)51/h12-15,18,21-22,24,27-28,30-32H,5-11,16-17,19-20H2,1-4H3,(H,42,47)(H,43,48)(H,44,46)(H3,40,41,52)/t22?,24?,27?,28-,30?,31?,32?/m0/s1. The maximum Gasteiger partial charge on any atom is 0.312 e. The van der Waals surface area contributed by atoms with Gasteiger partial charge in [-0.25, -0.2) is 4.79 Å². The highest BCUT2D eigenvalue weighted by molar-refractivity contribution is 6.55. The van der Waals surface area contributed by atoms with Gasteiger partial charge in [0, 0.05) is 25.2 Å². The molecule has 3 aliphatic rings. The lowest BCUT2D eigenvalue weighted by Crippen LogP contribution is -2.54. The zero-order chi connectivity index (χ0) is 38.8. The number of unbranched alkanes of at least 4 members (excludes halogenated alkanes) is 2. The topological polar surface area (TPSA) is 206 Å². The number of nitrogens with two attached hydrogens (primary N) is 1. The predicted molar refractivity (Wildman–Crippen MR) is 198 cm³/mol. The molecule has 6 unspecified atom stereocenters. The highest BCUT2D eigenvalue weighted by Gasteiger charge is 2.61. The molecule has 7 amide bonds. The number of carbonyl (C=O) groups is 7. The molecule has 4 rings (SSSR count). The number of allylic oxidation sites excluding steroid dienone is 2. The molecule has 1 aromatic rings. The fraction of sp³-hybridized carbons (Fsp3) is 0.605. The third kappa shape index (κ3) is 10.7. The molecule has 1 saturated carbocycles. The number of carbonyl (C=O) groups excluding carboxylic acids is 7.